The number of ether oxygens (including phenoxy) is 2. The summed E-state index contributed by atoms with van der Waals surface area (Å²) in [5, 5.41) is 0. The van der Waals surface area contributed by atoms with E-state index in [1.165, 1.54) is 4.90 Å². The van der Waals surface area contributed by atoms with Crippen LogP contribution in [0, 0.1) is 5.92 Å². The Kier molecular flexibility index (Phi) is 9.22. The van der Waals surface area contributed by atoms with E-state index >= 15 is 0 Å². The Morgan fingerprint density at radius 2 is 1.91 bits per heavy atom. The van der Waals surface area contributed by atoms with E-state index < -0.39 is 17.6 Å². The number of rotatable bonds is 8. The molecule has 0 aliphatic rings. The molecule has 1 amide bonds. The summed E-state index contributed by atoms with van der Waals surface area (Å²) in [4.78, 5) is 25.7. The fraction of sp³-hybridized carbons (Fsp3) is 0.647. The van der Waals surface area contributed by atoms with E-state index in [0.29, 0.717) is 13.0 Å². The van der Waals surface area contributed by atoms with Crippen molar-refractivity contribution >= 4 is 12.1 Å². The van der Waals surface area contributed by atoms with Crippen molar-refractivity contribution in [2.75, 3.05) is 13.2 Å². The molecule has 5 nitrogen and oxygen atoms in total. The lowest BCUT2D eigenvalue weighted by Gasteiger charge is -2.27. The van der Waals surface area contributed by atoms with Crippen LogP contribution in [-0.4, -0.2) is 35.7 Å². The van der Waals surface area contributed by atoms with Crippen LogP contribution in [0.25, 0.3) is 0 Å². The molecular weight excluding hydrogens is 282 g/mol. The third kappa shape index (κ3) is 8.49. The van der Waals surface area contributed by atoms with E-state index in [2.05, 4.69) is 6.58 Å². The quantitative estimate of drug-likeness (QED) is 0.504. The van der Waals surface area contributed by atoms with Gasteiger partial charge in [-0.05, 0) is 40.5 Å². The number of carbonyl (C=O) groups is 2. The minimum absolute atomic E-state index is 0.205. The maximum absolute atomic E-state index is 12.3. The first-order chi connectivity index (χ1) is 10.2. The van der Waals surface area contributed by atoms with Crippen molar-refractivity contribution in [2.24, 2.45) is 5.92 Å². The SMILES string of the molecule is C=CCC(CN(/C=C/CC)C(=O)OC(C)(C)C)C(=O)OCC. The topological polar surface area (TPSA) is 55.8 Å². The van der Waals surface area contributed by atoms with Gasteiger partial charge in [-0.25, -0.2) is 4.79 Å². The van der Waals surface area contributed by atoms with Crippen LogP contribution in [0.2, 0.25) is 0 Å². The maximum atomic E-state index is 12.3. The molecule has 0 aromatic carbocycles. The summed E-state index contributed by atoms with van der Waals surface area (Å²) in [6, 6.07) is 0. The normalized spacial score (nSPS) is 12.8. The third-order valence-electron chi connectivity index (χ3n) is 2.64. The lowest BCUT2D eigenvalue weighted by molar-refractivity contribution is -0.148. The van der Waals surface area contributed by atoms with Crippen LogP contribution >= 0.6 is 0 Å². The van der Waals surface area contributed by atoms with Crippen molar-refractivity contribution in [3.05, 3.63) is 24.9 Å². The molecule has 0 fully saturated rings. The van der Waals surface area contributed by atoms with E-state index in [1.807, 2.05) is 13.0 Å². The van der Waals surface area contributed by atoms with Gasteiger partial charge < -0.3 is 9.47 Å². The first-order valence-electron chi connectivity index (χ1n) is 7.68. The number of hydrogen-bond donors (Lipinski definition) is 0. The van der Waals surface area contributed by atoms with Gasteiger partial charge in [0.15, 0.2) is 0 Å². The number of carbonyl (C=O) groups excluding carboxylic acids is 2. The predicted octanol–water partition coefficient (Wildman–Crippen LogP) is 3.90. The van der Waals surface area contributed by atoms with Gasteiger partial charge in [0.25, 0.3) is 0 Å². The highest BCUT2D eigenvalue weighted by molar-refractivity contribution is 5.75. The second-order valence-electron chi connectivity index (χ2n) is 5.90. The van der Waals surface area contributed by atoms with Gasteiger partial charge in [0.05, 0.1) is 12.5 Å². The standard InChI is InChI=1S/C17H29NO4/c1-7-10-12-18(16(20)22-17(4,5)6)13-14(11-8-2)15(19)21-9-3/h8,10,12,14H,2,7,9,11,13H2,1,3-6H3/b12-10+. The Hall–Kier alpha value is -1.78. The molecule has 0 radical (unpaired) electrons. The highest BCUT2D eigenvalue weighted by Crippen LogP contribution is 2.15. The van der Waals surface area contributed by atoms with Gasteiger partial charge in [-0.1, -0.05) is 19.1 Å². The molecular formula is C17H29NO4. The molecule has 0 N–H and O–H groups in total. The molecule has 0 spiro atoms. The predicted molar refractivity (Wildman–Crippen MR) is 87.3 cm³/mol. The molecule has 126 valence electrons. The molecule has 0 saturated carbocycles. The van der Waals surface area contributed by atoms with Crippen molar-refractivity contribution in [2.45, 2.75) is 53.1 Å². The molecule has 0 rings (SSSR count). The zero-order valence-electron chi connectivity index (χ0n) is 14.4. The van der Waals surface area contributed by atoms with Gasteiger partial charge >= 0.3 is 12.1 Å². The molecule has 1 unspecified atom stereocenters. The van der Waals surface area contributed by atoms with Crippen LogP contribution in [-0.2, 0) is 14.3 Å². The molecule has 0 bridgehead atoms. The van der Waals surface area contributed by atoms with Crippen molar-refractivity contribution < 1.29 is 19.1 Å². The van der Waals surface area contributed by atoms with Crippen molar-refractivity contribution in [3.63, 3.8) is 0 Å². The summed E-state index contributed by atoms with van der Waals surface area (Å²) in [5.74, 6) is -0.785. The van der Waals surface area contributed by atoms with Crippen LogP contribution in [0.3, 0.4) is 0 Å². The summed E-state index contributed by atoms with van der Waals surface area (Å²) in [5.41, 5.74) is -0.590. The molecule has 22 heavy (non-hydrogen) atoms. The van der Waals surface area contributed by atoms with Crippen LogP contribution in [0.15, 0.2) is 24.9 Å². The highest BCUT2D eigenvalue weighted by atomic mass is 16.6. The van der Waals surface area contributed by atoms with Gasteiger partial charge in [0, 0.05) is 12.7 Å². The minimum atomic E-state index is -0.590. The van der Waals surface area contributed by atoms with E-state index in [4.69, 9.17) is 9.47 Å². The van der Waals surface area contributed by atoms with Crippen LogP contribution < -0.4 is 0 Å². The molecule has 0 aromatic heterocycles. The highest BCUT2D eigenvalue weighted by Gasteiger charge is 2.26. The van der Waals surface area contributed by atoms with E-state index in [9.17, 15) is 9.59 Å². The average Bonchev–Trinajstić information content (AvgIpc) is 2.40. The van der Waals surface area contributed by atoms with Gasteiger partial charge in [-0.15, -0.1) is 6.58 Å². The lowest BCUT2D eigenvalue weighted by atomic mass is 10.1. The van der Waals surface area contributed by atoms with Gasteiger partial charge in [-0.2, -0.15) is 0 Å². The number of allylic oxidation sites excluding steroid dienone is 2. The molecule has 0 aliphatic carbocycles. The smallest absolute Gasteiger partial charge is 0.414 e. The Morgan fingerprint density at radius 3 is 2.36 bits per heavy atom. The van der Waals surface area contributed by atoms with Crippen LogP contribution in [0.4, 0.5) is 4.79 Å². The number of nitrogens with zero attached hydrogens (tertiary/aromatic N) is 1. The van der Waals surface area contributed by atoms with Crippen molar-refractivity contribution in [1.29, 1.82) is 0 Å². The maximum Gasteiger partial charge on any atom is 0.414 e. The summed E-state index contributed by atoms with van der Waals surface area (Å²) in [7, 11) is 0. The monoisotopic (exact) mass is 311 g/mol. The summed E-state index contributed by atoms with van der Waals surface area (Å²) >= 11 is 0. The van der Waals surface area contributed by atoms with E-state index in [1.54, 1.807) is 40.0 Å². The molecule has 0 saturated heterocycles. The molecule has 0 aromatic rings. The molecule has 5 heteroatoms. The molecule has 0 heterocycles. The van der Waals surface area contributed by atoms with Crippen molar-refractivity contribution in [3.8, 4) is 0 Å². The second-order valence-corrected chi connectivity index (χ2v) is 5.90. The first-order valence-corrected chi connectivity index (χ1v) is 7.68. The number of esters is 1. The Bertz CT molecular complexity index is 396. The molecule has 0 aliphatic heterocycles. The summed E-state index contributed by atoms with van der Waals surface area (Å²) in [6.07, 6.45) is 5.90. The number of hydrogen-bond acceptors (Lipinski definition) is 4. The zero-order chi connectivity index (χ0) is 17.2. The van der Waals surface area contributed by atoms with Crippen molar-refractivity contribution in [1.82, 2.24) is 4.90 Å². The third-order valence-corrected chi connectivity index (χ3v) is 2.64. The van der Waals surface area contributed by atoms with E-state index in [-0.39, 0.29) is 12.5 Å². The summed E-state index contributed by atoms with van der Waals surface area (Å²) in [6.45, 7) is 13.3. The van der Waals surface area contributed by atoms with E-state index in [0.717, 1.165) is 6.42 Å². The molecule has 1 atom stereocenters. The van der Waals surface area contributed by atoms with Gasteiger partial charge in [-0.3, -0.25) is 9.69 Å². The second kappa shape index (κ2) is 10.0. The Morgan fingerprint density at radius 1 is 1.27 bits per heavy atom. The minimum Gasteiger partial charge on any atom is -0.466 e. The Labute approximate surface area is 134 Å². The summed E-state index contributed by atoms with van der Waals surface area (Å²) < 4.78 is 10.4. The fourth-order valence-corrected chi connectivity index (χ4v) is 1.69. The zero-order valence-corrected chi connectivity index (χ0v) is 14.4. The Balaban J connectivity index is 5.07. The first kappa shape index (κ1) is 20.2. The van der Waals surface area contributed by atoms with Crippen LogP contribution in [0.1, 0.15) is 47.5 Å². The largest absolute Gasteiger partial charge is 0.466 e. The van der Waals surface area contributed by atoms with Gasteiger partial charge in [0.1, 0.15) is 5.60 Å². The lowest BCUT2D eigenvalue weighted by Crippen LogP contribution is -2.38. The van der Waals surface area contributed by atoms with Crippen LogP contribution in [0.5, 0.6) is 0 Å². The van der Waals surface area contributed by atoms with Gasteiger partial charge in [0.2, 0.25) is 0 Å². The average molecular weight is 311 g/mol. The fourth-order valence-electron chi connectivity index (χ4n) is 1.69. The number of amides is 1.